The van der Waals surface area contributed by atoms with E-state index in [0.717, 1.165) is 19.3 Å². The maximum absolute atomic E-state index is 5.89. The maximum atomic E-state index is 5.89. The first-order valence-electron chi connectivity index (χ1n) is 10.1. The van der Waals surface area contributed by atoms with Crippen LogP contribution in [0.25, 0.3) is 0 Å². The average molecular weight is 406 g/mol. The summed E-state index contributed by atoms with van der Waals surface area (Å²) in [6.45, 7) is 31.9. The minimum Gasteiger partial charge on any atom is -0.397 e. The fourth-order valence-corrected chi connectivity index (χ4v) is 15.4. The highest BCUT2D eigenvalue weighted by molar-refractivity contribution is 6.93. The second kappa shape index (κ2) is 9.64. The molecule has 0 spiro atoms. The maximum Gasteiger partial charge on any atom is 0.321 e. The molecule has 0 atom stereocenters. The molecule has 0 amide bonds. The van der Waals surface area contributed by atoms with Crippen LogP contribution < -0.4 is 0 Å². The number of rotatable bonds is 10. The third-order valence-corrected chi connectivity index (χ3v) is 22.7. The van der Waals surface area contributed by atoms with Gasteiger partial charge >= 0.3 is 9.28 Å². The molecule has 0 heterocycles. The van der Waals surface area contributed by atoms with Gasteiger partial charge in [-0.2, -0.15) is 0 Å². The third-order valence-electron chi connectivity index (χ3n) is 6.55. The molecule has 152 valence electrons. The van der Waals surface area contributed by atoms with Crippen LogP contribution >= 0.6 is 0 Å². The lowest BCUT2D eigenvalue weighted by Gasteiger charge is -2.57. The van der Waals surface area contributed by atoms with Gasteiger partial charge in [-0.1, -0.05) is 67.7 Å². The van der Waals surface area contributed by atoms with Gasteiger partial charge in [-0.25, -0.2) is 0 Å². The van der Waals surface area contributed by atoms with Crippen LogP contribution in [0.4, 0.5) is 0 Å². The molecular formula is C19H47NO2Si3. The molecule has 0 unspecified atom stereocenters. The molecule has 0 saturated carbocycles. The molecule has 0 aliphatic heterocycles. The second-order valence-electron chi connectivity index (χ2n) is 10.3. The van der Waals surface area contributed by atoms with E-state index in [1.807, 2.05) is 0 Å². The fourth-order valence-electron chi connectivity index (χ4n) is 3.07. The molecule has 0 N–H and O–H groups in total. The fraction of sp³-hybridized carbons (Fsp3) is 1.00. The normalized spacial score (nSPS) is 14.6. The van der Waals surface area contributed by atoms with E-state index < -0.39 is 25.8 Å². The van der Waals surface area contributed by atoms with Crippen LogP contribution in [0.5, 0.6) is 0 Å². The van der Waals surface area contributed by atoms with E-state index in [1.54, 1.807) is 0 Å². The summed E-state index contributed by atoms with van der Waals surface area (Å²) in [4.78, 5) is 0. The van der Waals surface area contributed by atoms with Crippen LogP contribution in [0.1, 0.15) is 61.8 Å². The first-order chi connectivity index (χ1) is 11.1. The lowest BCUT2D eigenvalue weighted by atomic mass is 10.2. The Morgan fingerprint density at radius 3 is 1.40 bits per heavy atom. The number of hydrogen-bond acceptors (Lipinski definition) is 3. The Morgan fingerprint density at radius 1 is 0.760 bits per heavy atom. The summed E-state index contributed by atoms with van der Waals surface area (Å²) in [5.41, 5.74) is 0. The third kappa shape index (κ3) is 6.88. The van der Waals surface area contributed by atoms with Crippen LogP contribution in [0.2, 0.25) is 42.3 Å². The minimum absolute atomic E-state index is 0.374. The van der Waals surface area contributed by atoms with E-state index in [4.69, 9.17) is 8.85 Å². The molecule has 6 heteroatoms. The van der Waals surface area contributed by atoms with Gasteiger partial charge in [-0.15, -0.1) is 0 Å². The van der Waals surface area contributed by atoms with Gasteiger partial charge in [0.1, 0.15) is 16.5 Å². The van der Waals surface area contributed by atoms with Crippen LogP contribution in [0.3, 0.4) is 0 Å². The van der Waals surface area contributed by atoms with E-state index >= 15 is 0 Å². The zero-order valence-electron chi connectivity index (χ0n) is 19.4. The van der Waals surface area contributed by atoms with Crippen molar-refractivity contribution < 1.29 is 8.85 Å². The summed E-state index contributed by atoms with van der Waals surface area (Å²) in [6.07, 6.45) is 1.20. The van der Waals surface area contributed by atoms with Gasteiger partial charge in [0.05, 0.1) is 0 Å². The monoisotopic (exact) mass is 405 g/mol. The highest BCUT2D eigenvalue weighted by atomic mass is 28.4. The van der Waals surface area contributed by atoms with E-state index in [0.29, 0.717) is 10.1 Å². The van der Waals surface area contributed by atoms with E-state index in [1.165, 1.54) is 13.0 Å². The molecule has 0 radical (unpaired) electrons. The van der Waals surface area contributed by atoms with Gasteiger partial charge in [-0.05, 0) is 42.9 Å². The highest BCUT2D eigenvalue weighted by Gasteiger charge is 2.51. The van der Waals surface area contributed by atoms with Gasteiger partial charge in [0.25, 0.3) is 0 Å². The Kier molecular flexibility index (Phi) is 9.85. The summed E-state index contributed by atoms with van der Waals surface area (Å²) >= 11 is 0. The Balaban J connectivity index is 5.37. The van der Waals surface area contributed by atoms with Crippen LogP contribution in [-0.4, -0.2) is 49.7 Å². The van der Waals surface area contributed by atoms with Gasteiger partial charge in [-0.3, -0.25) is 0 Å². The first kappa shape index (κ1) is 25.5. The molecule has 25 heavy (non-hydrogen) atoms. The summed E-state index contributed by atoms with van der Waals surface area (Å²) in [7, 11) is -4.60. The Morgan fingerprint density at radius 2 is 1.12 bits per heavy atom. The van der Waals surface area contributed by atoms with Crippen molar-refractivity contribution in [2.24, 2.45) is 0 Å². The Hall–Kier alpha value is 0.531. The Bertz CT molecular complexity index is 355. The lowest BCUT2D eigenvalue weighted by Crippen LogP contribution is -2.68. The van der Waals surface area contributed by atoms with Crippen molar-refractivity contribution in [3.05, 3.63) is 0 Å². The predicted molar refractivity (Wildman–Crippen MR) is 121 cm³/mol. The predicted octanol–water partition coefficient (Wildman–Crippen LogP) is 5.98. The lowest BCUT2D eigenvalue weighted by molar-refractivity contribution is 0.212. The largest absolute Gasteiger partial charge is 0.397 e. The topological polar surface area (TPSA) is 21.7 Å². The summed E-state index contributed by atoms with van der Waals surface area (Å²) in [5.74, 6) is 0. The van der Waals surface area contributed by atoms with E-state index in [9.17, 15) is 0 Å². The second-order valence-corrected chi connectivity index (χ2v) is 23.1. The molecule has 3 nitrogen and oxygen atoms in total. The van der Waals surface area contributed by atoms with Crippen molar-refractivity contribution >= 4 is 25.8 Å². The van der Waals surface area contributed by atoms with Gasteiger partial charge < -0.3 is 13.1 Å². The standard InChI is InChI=1S/C19H47NO2Si3/c1-13-21-23(22-14-2)17-15-16-20(24(9,10)18(3,4)5)25(11,12)19(6,7)8/h23H,13-17H2,1-12H3. The number of hydrogen-bond donors (Lipinski definition) is 0. The summed E-state index contributed by atoms with van der Waals surface area (Å²) in [6, 6.07) is 1.13. The first-order valence-corrected chi connectivity index (χ1v) is 17.8. The van der Waals surface area contributed by atoms with Crippen molar-refractivity contribution in [2.45, 2.75) is 104 Å². The molecule has 0 aliphatic carbocycles. The van der Waals surface area contributed by atoms with E-state index in [-0.39, 0.29) is 0 Å². The van der Waals surface area contributed by atoms with Crippen LogP contribution in [0.15, 0.2) is 0 Å². The molecule has 0 aliphatic rings. The molecule has 0 rings (SSSR count). The number of nitrogens with zero attached hydrogens (tertiary/aromatic N) is 1. The summed E-state index contributed by atoms with van der Waals surface area (Å²) in [5, 5.41) is 0.748. The van der Waals surface area contributed by atoms with Crippen molar-refractivity contribution in [1.29, 1.82) is 0 Å². The van der Waals surface area contributed by atoms with Gasteiger partial charge in [0, 0.05) is 13.2 Å². The SMILES string of the molecule is CCO[SiH](CCCN([Si](C)(C)C(C)(C)C)[Si](C)(C)C(C)(C)C)OCC. The van der Waals surface area contributed by atoms with Crippen molar-refractivity contribution in [2.75, 3.05) is 19.8 Å². The molecule has 0 saturated heterocycles. The zero-order valence-corrected chi connectivity index (χ0v) is 22.5. The smallest absolute Gasteiger partial charge is 0.321 e. The quantitative estimate of drug-likeness (QED) is 0.417. The van der Waals surface area contributed by atoms with Crippen molar-refractivity contribution in [3.8, 4) is 0 Å². The van der Waals surface area contributed by atoms with Crippen molar-refractivity contribution in [1.82, 2.24) is 4.23 Å². The van der Waals surface area contributed by atoms with Crippen molar-refractivity contribution in [3.63, 3.8) is 0 Å². The summed E-state index contributed by atoms with van der Waals surface area (Å²) < 4.78 is 14.8. The highest BCUT2D eigenvalue weighted by Crippen LogP contribution is 2.46. The Labute approximate surface area is 162 Å². The van der Waals surface area contributed by atoms with Gasteiger partial charge in [0.15, 0.2) is 0 Å². The van der Waals surface area contributed by atoms with Crippen LogP contribution in [0, 0.1) is 0 Å². The molecule has 0 aromatic heterocycles. The van der Waals surface area contributed by atoms with Crippen LogP contribution in [-0.2, 0) is 8.85 Å². The molecule has 0 aromatic carbocycles. The van der Waals surface area contributed by atoms with Gasteiger partial charge in [0.2, 0.25) is 0 Å². The molecular weight excluding hydrogens is 358 g/mol. The molecule has 0 bridgehead atoms. The zero-order chi connectivity index (χ0) is 20.1. The minimum atomic E-state index is -1.56. The molecule has 0 aromatic rings. The van der Waals surface area contributed by atoms with E-state index in [2.05, 4.69) is 85.8 Å². The molecule has 0 fully saturated rings. The average Bonchev–Trinajstić information content (AvgIpc) is 2.40.